The van der Waals surface area contributed by atoms with Crippen LogP contribution in [-0.4, -0.2) is 22.6 Å². The molecule has 1 aliphatic rings. The van der Waals surface area contributed by atoms with Crippen molar-refractivity contribution >= 4 is 0 Å². The van der Waals surface area contributed by atoms with Gasteiger partial charge in [0.15, 0.2) is 0 Å². The molecule has 0 bridgehead atoms. The number of imidazole rings is 1. The minimum absolute atomic E-state index is 0.867. The average molecular weight is 207 g/mol. The van der Waals surface area contributed by atoms with Gasteiger partial charge in [0.1, 0.15) is 5.82 Å². The number of hydrogen-bond acceptors (Lipinski definition) is 2. The molecule has 1 aliphatic heterocycles. The van der Waals surface area contributed by atoms with Crippen molar-refractivity contribution in [3.63, 3.8) is 0 Å². The van der Waals surface area contributed by atoms with Gasteiger partial charge in [-0.2, -0.15) is 0 Å². The van der Waals surface area contributed by atoms with Crippen molar-refractivity contribution in [2.24, 2.45) is 5.92 Å². The van der Waals surface area contributed by atoms with E-state index in [4.69, 9.17) is 0 Å². The fourth-order valence-electron chi connectivity index (χ4n) is 2.35. The highest BCUT2D eigenvalue weighted by Crippen LogP contribution is 2.15. The lowest BCUT2D eigenvalue weighted by atomic mass is 9.96. The monoisotopic (exact) mass is 207 g/mol. The van der Waals surface area contributed by atoms with Gasteiger partial charge >= 0.3 is 0 Å². The van der Waals surface area contributed by atoms with E-state index in [1.165, 1.54) is 38.2 Å². The van der Waals surface area contributed by atoms with Crippen LogP contribution in [0, 0.1) is 5.92 Å². The maximum absolute atomic E-state index is 4.35. The van der Waals surface area contributed by atoms with Crippen LogP contribution in [0.3, 0.4) is 0 Å². The van der Waals surface area contributed by atoms with Crippen LogP contribution in [-0.2, 0) is 13.0 Å². The molecule has 84 valence electrons. The lowest BCUT2D eigenvalue weighted by molar-refractivity contribution is 0.340. The Morgan fingerprint density at radius 3 is 3.27 bits per heavy atom. The van der Waals surface area contributed by atoms with Crippen molar-refractivity contribution in [1.29, 1.82) is 0 Å². The number of rotatable bonds is 4. The lowest BCUT2D eigenvalue weighted by Gasteiger charge is -2.22. The van der Waals surface area contributed by atoms with E-state index in [0.717, 1.165) is 18.9 Å². The zero-order chi connectivity index (χ0) is 10.5. The van der Waals surface area contributed by atoms with Crippen LogP contribution < -0.4 is 5.32 Å². The molecule has 0 saturated carbocycles. The van der Waals surface area contributed by atoms with Gasteiger partial charge in [0.2, 0.25) is 0 Å². The van der Waals surface area contributed by atoms with Crippen LogP contribution >= 0.6 is 0 Å². The molecule has 0 radical (unpaired) electrons. The van der Waals surface area contributed by atoms with Gasteiger partial charge in [-0.05, 0) is 38.3 Å². The average Bonchev–Trinajstić information content (AvgIpc) is 2.75. The molecule has 1 N–H and O–H groups in total. The second-order valence-electron chi connectivity index (χ2n) is 4.39. The fourth-order valence-corrected chi connectivity index (χ4v) is 2.35. The van der Waals surface area contributed by atoms with Gasteiger partial charge in [-0.15, -0.1) is 0 Å². The van der Waals surface area contributed by atoms with Crippen molar-refractivity contribution in [1.82, 2.24) is 14.9 Å². The third-order valence-corrected chi connectivity index (χ3v) is 3.30. The van der Waals surface area contributed by atoms with E-state index < -0.39 is 0 Å². The molecule has 3 heteroatoms. The highest BCUT2D eigenvalue weighted by molar-refractivity contribution is 4.91. The van der Waals surface area contributed by atoms with Gasteiger partial charge in [-0.3, -0.25) is 0 Å². The summed E-state index contributed by atoms with van der Waals surface area (Å²) in [6.45, 7) is 5.72. The van der Waals surface area contributed by atoms with Crippen LogP contribution in [0.4, 0.5) is 0 Å². The molecule has 3 nitrogen and oxygen atoms in total. The molecular formula is C12H21N3. The van der Waals surface area contributed by atoms with E-state index in [-0.39, 0.29) is 0 Å². The summed E-state index contributed by atoms with van der Waals surface area (Å²) < 4.78 is 2.30. The SMILES string of the molecule is CCc1nccn1CCC1CCCNC1. The first-order chi connectivity index (χ1) is 7.40. The topological polar surface area (TPSA) is 29.9 Å². The molecule has 2 heterocycles. The summed E-state index contributed by atoms with van der Waals surface area (Å²) in [6.07, 6.45) is 9.08. The largest absolute Gasteiger partial charge is 0.335 e. The van der Waals surface area contributed by atoms with Crippen molar-refractivity contribution in [3.05, 3.63) is 18.2 Å². The minimum atomic E-state index is 0.867. The van der Waals surface area contributed by atoms with Crippen molar-refractivity contribution in [2.75, 3.05) is 13.1 Å². The fraction of sp³-hybridized carbons (Fsp3) is 0.750. The highest BCUT2D eigenvalue weighted by Gasteiger charge is 2.12. The smallest absolute Gasteiger partial charge is 0.108 e. The van der Waals surface area contributed by atoms with E-state index in [1.807, 2.05) is 6.20 Å². The molecule has 1 fully saturated rings. The number of piperidine rings is 1. The Hall–Kier alpha value is -0.830. The Balaban J connectivity index is 1.81. The summed E-state index contributed by atoms with van der Waals surface area (Å²) >= 11 is 0. The van der Waals surface area contributed by atoms with E-state index in [2.05, 4.69) is 28.0 Å². The van der Waals surface area contributed by atoms with Crippen LogP contribution in [0.5, 0.6) is 0 Å². The number of nitrogens with one attached hydrogen (secondary N) is 1. The number of nitrogens with zero attached hydrogens (tertiary/aromatic N) is 2. The summed E-state index contributed by atoms with van der Waals surface area (Å²) in [5, 5.41) is 3.47. The molecule has 1 atom stereocenters. The van der Waals surface area contributed by atoms with Crippen LogP contribution in [0.15, 0.2) is 12.4 Å². The quantitative estimate of drug-likeness (QED) is 0.816. The molecule has 0 aromatic carbocycles. The van der Waals surface area contributed by atoms with Crippen molar-refractivity contribution in [2.45, 2.75) is 39.2 Å². The third-order valence-electron chi connectivity index (χ3n) is 3.30. The van der Waals surface area contributed by atoms with Gasteiger partial charge in [-0.25, -0.2) is 4.98 Å². The number of aryl methyl sites for hydroxylation is 2. The first kappa shape index (κ1) is 10.7. The number of hydrogen-bond donors (Lipinski definition) is 1. The van der Waals surface area contributed by atoms with Gasteiger partial charge in [0.25, 0.3) is 0 Å². The Bertz CT molecular complexity index is 287. The van der Waals surface area contributed by atoms with E-state index >= 15 is 0 Å². The van der Waals surface area contributed by atoms with Crippen molar-refractivity contribution in [3.8, 4) is 0 Å². The van der Waals surface area contributed by atoms with Gasteiger partial charge in [0, 0.05) is 25.4 Å². The van der Waals surface area contributed by atoms with E-state index in [0.29, 0.717) is 0 Å². The summed E-state index contributed by atoms with van der Waals surface area (Å²) in [5.41, 5.74) is 0. The Morgan fingerprint density at radius 1 is 1.60 bits per heavy atom. The molecule has 1 aromatic heterocycles. The maximum atomic E-state index is 4.35. The molecule has 0 aliphatic carbocycles. The molecular weight excluding hydrogens is 186 g/mol. The summed E-state index contributed by atoms with van der Waals surface area (Å²) in [6, 6.07) is 0. The predicted octanol–water partition coefficient (Wildman–Crippen LogP) is 1.84. The van der Waals surface area contributed by atoms with E-state index in [1.54, 1.807) is 0 Å². The first-order valence-corrected chi connectivity index (χ1v) is 6.11. The summed E-state index contributed by atoms with van der Waals surface area (Å²) in [7, 11) is 0. The Labute approximate surface area is 91.9 Å². The zero-order valence-corrected chi connectivity index (χ0v) is 9.58. The normalized spacial score (nSPS) is 21.8. The van der Waals surface area contributed by atoms with Crippen LogP contribution in [0.25, 0.3) is 0 Å². The molecule has 2 rings (SSSR count). The lowest BCUT2D eigenvalue weighted by Crippen LogP contribution is -2.30. The zero-order valence-electron chi connectivity index (χ0n) is 9.58. The molecule has 0 amide bonds. The number of aromatic nitrogens is 2. The summed E-state index contributed by atoms with van der Waals surface area (Å²) in [5.74, 6) is 2.09. The molecule has 1 unspecified atom stereocenters. The Morgan fingerprint density at radius 2 is 2.53 bits per heavy atom. The second-order valence-corrected chi connectivity index (χ2v) is 4.39. The molecule has 1 saturated heterocycles. The minimum Gasteiger partial charge on any atom is -0.335 e. The molecule has 15 heavy (non-hydrogen) atoms. The summed E-state index contributed by atoms with van der Waals surface area (Å²) in [4.78, 5) is 4.35. The third kappa shape index (κ3) is 2.81. The van der Waals surface area contributed by atoms with Crippen molar-refractivity contribution < 1.29 is 0 Å². The van der Waals surface area contributed by atoms with E-state index in [9.17, 15) is 0 Å². The van der Waals surface area contributed by atoms with Gasteiger partial charge in [-0.1, -0.05) is 6.92 Å². The predicted molar refractivity (Wildman–Crippen MR) is 61.8 cm³/mol. The highest BCUT2D eigenvalue weighted by atomic mass is 15.1. The maximum Gasteiger partial charge on any atom is 0.108 e. The van der Waals surface area contributed by atoms with Crippen LogP contribution in [0.1, 0.15) is 32.0 Å². The van der Waals surface area contributed by atoms with Gasteiger partial charge < -0.3 is 9.88 Å². The second kappa shape index (κ2) is 5.31. The molecule has 0 spiro atoms. The Kier molecular flexibility index (Phi) is 3.78. The van der Waals surface area contributed by atoms with Gasteiger partial charge in [0.05, 0.1) is 0 Å². The first-order valence-electron chi connectivity index (χ1n) is 6.11. The molecule has 1 aromatic rings. The standard InChI is InChI=1S/C12H21N3/c1-2-12-14-7-9-15(12)8-5-11-4-3-6-13-10-11/h7,9,11,13H,2-6,8,10H2,1H3. The van der Waals surface area contributed by atoms with Crippen LogP contribution in [0.2, 0.25) is 0 Å².